The molecule has 0 spiro atoms. The van der Waals surface area contributed by atoms with Crippen molar-refractivity contribution in [3.63, 3.8) is 0 Å². The van der Waals surface area contributed by atoms with Gasteiger partial charge in [0.05, 0.1) is 5.92 Å². The molecule has 0 aromatic carbocycles. The van der Waals surface area contributed by atoms with E-state index in [4.69, 9.17) is 4.52 Å². The molecule has 0 radical (unpaired) electrons. The van der Waals surface area contributed by atoms with Crippen molar-refractivity contribution in [2.75, 3.05) is 0 Å². The summed E-state index contributed by atoms with van der Waals surface area (Å²) < 4.78 is 5.32. The molecule has 2 rings (SSSR count). The van der Waals surface area contributed by atoms with Gasteiger partial charge in [0, 0.05) is 5.92 Å². The summed E-state index contributed by atoms with van der Waals surface area (Å²) in [6.45, 7) is 5.81. The van der Waals surface area contributed by atoms with Gasteiger partial charge in [-0.2, -0.15) is 4.98 Å². The quantitative estimate of drug-likeness (QED) is 0.810. The summed E-state index contributed by atoms with van der Waals surface area (Å²) in [7, 11) is 0. The lowest BCUT2D eigenvalue weighted by Crippen LogP contribution is -2.15. The summed E-state index contributed by atoms with van der Waals surface area (Å²) in [5.74, 6) is 2.40. The van der Waals surface area contributed by atoms with Crippen molar-refractivity contribution in [1.29, 1.82) is 0 Å². The minimum Gasteiger partial charge on any atom is -0.339 e. The number of carbonyl (C=O) groups is 1. The first-order valence-electron chi connectivity index (χ1n) is 7.49. The standard InChI is InChI=1S/C15H24N2O2/c1-4-11-7-6-8-12(9-11)14-16-15(19-17-14)13(5-2)10(3)18/h11-13H,4-9H2,1-3H3. The molecule has 3 atom stereocenters. The largest absolute Gasteiger partial charge is 0.339 e. The van der Waals surface area contributed by atoms with Gasteiger partial charge in [0.2, 0.25) is 5.89 Å². The molecule has 0 aliphatic heterocycles. The maximum absolute atomic E-state index is 11.5. The highest BCUT2D eigenvalue weighted by atomic mass is 16.5. The van der Waals surface area contributed by atoms with E-state index in [1.807, 2.05) is 6.92 Å². The van der Waals surface area contributed by atoms with Crippen molar-refractivity contribution in [2.24, 2.45) is 5.92 Å². The third-order valence-corrected chi connectivity index (χ3v) is 4.38. The molecule has 1 fully saturated rings. The van der Waals surface area contributed by atoms with Gasteiger partial charge >= 0.3 is 0 Å². The van der Waals surface area contributed by atoms with Crippen LogP contribution in [0.2, 0.25) is 0 Å². The molecule has 1 aromatic heterocycles. The van der Waals surface area contributed by atoms with Crippen LogP contribution in [0.15, 0.2) is 4.52 Å². The number of nitrogens with zero attached hydrogens (tertiary/aromatic N) is 2. The molecule has 4 nitrogen and oxygen atoms in total. The normalized spacial score (nSPS) is 25.2. The van der Waals surface area contributed by atoms with E-state index in [2.05, 4.69) is 17.1 Å². The second kappa shape index (κ2) is 6.31. The van der Waals surface area contributed by atoms with Gasteiger partial charge in [0.25, 0.3) is 0 Å². The fourth-order valence-corrected chi connectivity index (χ4v) is 3.09. The second-order valence-electron chi connectivity index (χ2n) is 5.70. The van der Waals surface area contributed by atoms with Crippen molar-refractivity contribution in [3.8, 4) is 0 Å². The molecule has 106 valence electrons. The summed E-state index contributed by atoms with van der Waals surface area (Å²) in [6.07, 6.45) is 6.82. The Hall–Kier alpha value is -1.19. The maximum atomic E-state index is 11.5. The molecular weight excluding hydrogens is 240 g/mol. The van der Waals surface area contributed by atoms with Gasteiger partial charge in [0.15, 0.2) is 5.82 Å². The highest BCUT2D eigenvalue weighted by molar-refractivity contribution is 5.82. The predicted octanol–water partition coefficient (Wildman–Crippen LogP) is 3.84. The van der Waals surface area contributed by atoms with E-state index in [0.717, 1.165) is 31.0 Å². The Bertz CT molecular complexity index is 428. The third kappa shape index (κ3) is 3.23. The van der Waals surface area contributed by atoms with Crippen LogP contribution in [0.25, 0.3) is 0 Å². The van der Waals surface area contributed by atoms with E-state index < -0.39 is 0 Å². The molecule has 0 saturated heterocycles. The Balaban J connectivity index is 2.09. The van der Waals surface area contributed by atoms with Crippen molar-refractivity contribution in [3.05, 3.63) is 11.7 Å². The molecule has 1 aromatic rings. The van der Waals surface area contributed by atoms with Gasteiger partial charge < -0.3 is 4.52 Å². The van der Waals surface area contributed by atoms with Crippen molar-refractivity contribution >= 4 is 5.78 Å². The van der Waals surface area contributed by atoms with Crippen LogP contribution < -0.4 is 0 Å². The zero-order chi connectivity index (χ0) is 13.8. The van der Waals surface area contributed by atoms with Gasteiger partial charge in [0.1, 0.15) is 5.78 Å². The molecule has 0 N–H and O–H groups in total. The molecule has 3 unspecified atom stereocenters. The zero-order valence-electron chi connectivity index (χ0n) is 12.2. The molecule has 0 amide bonds. The SMILES string of the molecule is CCC1CCCC(c2noc(C(CC)C(C)=O)n2)C1. The van der Waals surface area contributed by atoms with Gasteiger partial charge in [-0.25, -0.2) is 0 Å². The zero-order valence-corrected chi connectivity index (χ0v) is 12.2. The van der Waals surface area contributed by atoms with Gasteiger partial charge in [-0.3, -0.25) is 4.79 Å². The van der Waals surface area contributed by atoms with Crippen LogP contribution in [0.1, 0.15) is 82.8 Å². The molecule has 19 heavy (non-hydrogen) atoms. The molecule has 1 aliphatic carbocycles. The van der Waals surface area contributed by atoms with Crippen LogP contribution in [0, 0.1) is 5.92 Å². The number of hydrogen-bond donors (Lipinski definition) is 0. The van der Waals surface area contributed by atoms with Crippen molar-refractivity contribution in [1.82, 2.24) is 10.1 Å². The lowest BCUT2D eigenvalue weighted by atomic mass is 9.80. The predicted molar refractivity (Wildman–Crippen MR) is 73.0 cm³/mol. The summed E-state index contributed by atoms with van der Waals surface area (Å²) in [5.41, 5.74) is 0. The number of ketones is 1. The van der Waals surface area contributed by atoms with E-state index in [9.17, 15) is 4.79 Å². The molecule has 1 aliphatic rings. The van der Waals surface area contributed by atoms with Crippen LogP contribution in [0.4, 0.5) is 0 Å². The van der Waals surface area contributed by atoms with E-state index in [-0.39, 0.29) is 11.7 Å². The van der Waals surface area contributed by atoms with Gasteiger partial charge in [-0.05, 0) is 32.1 Å². The first-order valence-corrected chi connectivity index (χ1v) is 7.49. The first kappa shape index (κ1) is 14.2. The molecule has 1 saturated carbocycles. The lowest BCUT2D eigenvalue weighted by molar-refractivity contribution is -0.119. The monoisotopic (exact) mass is 264 g/mol. The second-order valence-corrected chi connectivity index (χ2v) is 5.70. The minimum atomic E-state index is -0.230. The molecule has 0 bridgehead atoms. The highest BCUT2D eigenvalue weighted by Crippen LogP contribution is 2.36. The fraction of sp³-hybridized carbons (Fsp3) is 0.800. The topological polar surface area (TPSA) is 56.0 Å². The van der Waals surface area contributed by atoms with Crippen molar-refractivity contribution < 1.29 is 9.32 Å². The highest BCUT2D eigenvalue weighted by Gasteiger charge is 2.28. The molecular formula is C15H24N2O2. The molecule has 4 heteroatoms. The average molecular weight is 264 g/mol. The third-order valence-electron chi connectivity index (χ3n) is 4.38. The summed E-state index contributed by atoms with van der Waals surface area (Å²) in [5, 5.41) is 4.12. The Kier molecular flexibility index (Phi) is 4.72. The van der Waals surface area contributed by atoms with Gasteiger partial charge in [-0.15, -0.1) is 0 Å². The number of hydrogen-bond acceptors (Lipinski definition) is 4. The van der Waals surface area contributed by atoms with Crippen LogP contribution in [-0.4, -0.2) is 15.9 Å². The van der Waals surface area contributed by atoms with E-state index in [1.54, 1.807) is 6.92 Å². The van der Waals surface area contributed by atoms with Crippen LogP contribution in [0.5, 0.6) is 0 Å². The average Bonchev–Trinajstić information content (AvgIpc) is 2.89. The first-order chi connectivity index (χ1) is 9.15. The van der Waals surface area contributed by atoms with Crippen molar-refractivity contribution in [2.45, 2.75) is 71.1 Å². The van der Waals surface area contributed by atoms with Gasteiger partial charge in [-0.1, -0.05) is 38.3 Å². The number of Topliss-reactive ketones (excluding diaryl/α,β-unsaturated/α-hetero) is 1. The van der Waals surface area contributed by atoms with E-state index in [1.165, 1.54) is 19.3 Å². The summed E-state index contributed by atoms with van der Waals surface area (Å²) >= 11 is 0. The van der Waals surface area contributed by atoms with E-state index in [0.29, 0.717) is 11.8 Å². The van der Waals surface area contributed by atoms with Crippen LogP contribution in [-0.2, 0) is 4.79 Å². The Labute approximate surface area is 115 Å². The van der Waals surface area contributed by atoms with E-state index >= 15 is 0 Å². The number of rotatable bonds is 5. The number of carbonyl (C=O) groups excluding carboxylic acids is 1. The summed E-state index contributed by atoms with van der Waals surface area (Å²) in [6, 6.07) is 0. The van der Waals surface area contributed by atoms with Crippen LogP contribution in [0.3, 0.4) is 0 Å². The Morgan fingerprint density at radius 2 is 2.21 bits per heavy atom. The summed E-state index contributed by atoms with van der Waals surface area (Å²) in [4.78, 5) is 16.0. The Morgan fingerprint density at radius 1 is 1.42 bits per heavy atom. The lowest BCUT2D eigenvalue weighted by Gasteiger charge is -2.26. The maximum Gasteiger partial charge on any atom is 0.237 e. The minimum absolute atomic E-state index is 0.104. The fourth-order valence-electron chi connectivity index (χ4n) is 3.09. The smallest absolute Gasteiger partial charge is 0.237 e. The molecule has 1 heterocycles. The number of aromatic nitrogens is 2. The van der Waals surface area contributed by atoms with Crippen LogP contribution >= 0.6 is 0 Å². The Morgan fingerprint density at radius 3 is 2.84 bits per heavy atom.